The molecule has 1 aliphatic carbocycles. The second kappa shape index (κ2) is 10.8. The predicted molar refractivity (Wildman–Crippen MR) is 138 cm³/mol. The number of aromatic nitrogens is 3. The fourth-order valence-corrected chi connectivity index (χ4v) is 5.84. The zero-order chi connectivity index (χ0) is 26.9. The number of hydrogen-bond acceptors (Lipinski definition) is 7. The Labute approximate surface area is 222 Å². The number of anilines is 1. The molecule has 0 bridgehead atoms. The van der Waals surface area contributed by atoms with E-state index in [2.05, 4.69) is 21.2 Å². The first-order valence-electron chi connectivity index (χ1n) is 12.6. The van der Waals surface area contributed by atoms with Gasteiger partial charge in [-0.3, -0.25) is 9.48 Å². The lowest BCUT2D eigenvalue weighted by Gasteiger charge is -2.34. The number of hydrogen-bond donors (Lipinski definition) is 0. The molecule has 38 heavy (non-hydrogen) atoms. The molecule has 0 spiro atoms. The van der Waals surface area contributed by atoms with Gasteiger partial charge in [0, 0.05) is 31.9 Å². The summed E-state index contributed by atoms with van der Waals surface area (Å²) in [5, 5.41) is 8.91. The largest absolute Gasteiger partial charge is 0.435 e. The van der Waals surface area contributed by atoms with E-state index in [1.807, 2.05) is 25.1 Å². The number of alkyl halides is 3. The van der Waals surface area contributed by atoms with E-state index in [0.29, 0.717) is 38.5 Å². The van der Waals surface area contributed by atoms with Crippen molar-refractivity contribution in [3.05, 3.63) is 63.4 Å². The third kappa shape index (κ3) is 5.85. The quantitative estimate of drug-likeness (QED) is 0.423. The van der Waals surface area contributed by atoms with Crippen molar-refractivity contribution in [1.82, 2.24) is 19.7 Å². The number of rotatable bonds is 6. The summed E-state index contributed by atoms with van der Waals surface area (Å²) in [6.45, 7) is 5.90. The average molecular weight is 547 g/mol. The highest BCUT2D eigenvalue weighted by Crippen LogP contribution is 2.33. The zero-order valence-corrected chi connectivity index (χ0v) is 22.1. The summed E-state index contributed by atoms with van der Waals surface area (Å²) in [7, 11) is 0. The van der Waals surface area contributed by atoms with Crippen molar-refractivity contribution in [3.8, 4) is 0 Å². The van der Waals surface area contributed by atoms with Gasteiger partial charge in [-0.15, -0.1) is 0 Å². The Hall–Kier alpha value is -3.41. The van der Waals surface area contributed by atoms with Gasteiger partial charge in [0.25, 0.3) is 0 Å². The normalized spacial score (nSPS) is 17.1. The van der Waals surface area contributed by atoms with Gasteiger partial charge in [0.1, 0.15) is 13.2 Å². The van der Waals surface area contributed by atoms with Gasteiger partial charge in [-0.2, -0.15) is 18.3 Å². The van der Waals surface area contributed by atoms with E-state index in [-0.39, 0.29) is 12.5 Å². The average Bonchev–Trinajstić information content (AvgIpc) is 3.48. The van der Waals surface area contributed by atoms with Crippen molar-refractivity contribution >= 4 is 28.1 Å². The molecule has 3 aromatic rings. The van der Waals surface area contributed by atoms with Gasteiger partial charge in [-0.1, -0.05) is 46.3 Å². The summed E-state index contributed by atoms with van der Waals surface area (Å²) >= 11 is 1.60. The molecule has 2 aliphatic rings. The van der Waals surface area contributed by atoms with Crippen LogP contribution in [0.1, 0.15) is 45.9 Å². The van der Waals surface area contributed by atoms with Crippen molar-refractivity contribution in [3.63, 3.8) is 0 Å². The number of oxime groups is 1. The molecule has 0 saturated carbocycles. The first-order chi connectivity index (χ1) is 18.2. The van der Waals surface area contributed by atoms with Gasteiger partial charge in [0.15, 0.2) is 10.8 Å². The van der Waals surface area contributed by atoms with Crippen LogP contribution in [-0.2, 0) is 35.4 Å². The molecular weight excluding hydrogens is 517 g/mol. The minimum atomic E-state index is -4.53. The third-order valence-electron chi connectivity index (χ3n) is 6.72. The standard InChI is InChI=1S/C26H29F3N6O2S/c1-17-5-3-6-19(13-17)16-37-32-21-8-4-7-20-24(21)38-25(30-20)34-11-9-33(10-12-34)23(36)15-35-18(2)14-22(31-35)26(27,28)29/h3,5-6,13-14H,4,7-12,15-16H2,1-2H3. The molecule has 5 rings (SSSR count). The Morgan fingerprint density at radius 1 is 1.13 bits per heavy atom. The lowest BCUT2D eigenvalue weighted by Crippen LogP contribution is -2.49. The molecule has 3 heterocycles. The summed E-state index contributed by atoms with van der Waals surface area (Å²) in [5.74, 6) is -0.247. The molecule has 0 radical (unpaired) electrons. The molecule has 0 unspecified atom stereocenters. The molecule has 1 aliphatic heterocycles. The summed E-state index contributed by atoms with van der Waals surface area (Å²) in [6, 6.07) is 9.11. The van der Waals surface area contributed by atoms with E-state index in [0.717, 1.165) is 57.0 Å². The fraction of sp³-hybridized carbons (Fsp3) is 0.462. The highest BCUT2D eigenvalue weighted by Gasteiger charge is 2.35. The van der Waals surface area contributed by atoms with Gasteiger partial charge in [-0.05, 0) is 44.7 Å². The number of nitrogens with zero attached hydrogens (tertiary/aromatic N) is 6. The predicted octanol–water partition coefficient (Wildman–Crippen LogP) is 4.58. The monoisotopic (exact) mass is 546 g/mol. The first kappa shape index (κ1) is 26.2. The highest BCUT2D eigenvalue weighted by molar-refractivity contribution is 7.17. The summed E-state index contributed by atoms with van der Waals surface area (Å²) in [4.78, 5) is 28.2. The number of aryl methyl sites for hydroxylation is 3. The molecule has 1 fully saturated rings. The van der Waals surface area contributed by atoms with E-state index in [4.69, 9.17) is 9.82 Å². The van der Waals surface area contributed by atoms with Gasteiger partial charge in [0.2, 0.25) is 5.91 Å². The van der Waals surface area contributed by atoms with Crippen LogP contribution in [0.2, 0.25) is 0 Å². The number of halogens is 3. The zero-order valence-electron chi connectivity index (χ0n) is 21.3. The van der Waals surface area contributed by atoms with Crippen LogP contribution in [0.3, 0.4) is 0 Å². The molecule has 0 N–H and O–H groups in total. The van der Waals surface area contributed by atoms with Crippen molar-refractivity contribution in [1.29, 1.82) is 0 Å². The van der Waals surface area contributed by atoms with Crippen LogP contribution in [0.15, 0.2) is 35.5 Å². The smallest absolute Gasteiger partial charge is 0.391 e. The lowest BCUT2D eigenvalue weighted by atomic mass is 10.0. The van der Waals surface area contributed by atoms with Crippen molar-refractivity contribution in [2.45, 2.75) is 52.4 Å². The number of carbonyl (C=O) groups excluding carboxylic acids is 1. The molecule has 202 valence electrons. The summed E-state index contributed by atoms with van der Waals surface area (Å²) < 4.78 is 39.9. The lowest BCUT2D eigenvalue weighted by molar-refractivity contribution is -0.142. The Morgan fingerprint density at radius 3 is 2.63 bits per heavy atom. The molecule has 0 atom stereocenters. The Kier molecular flexibility index (Phi) is 7.42. The molecule has 8 nitrogen and oxygen atoms in total. The maximum Gasteiger partial charge on any atom is 0.435 e. The van der Waals surface area contributed by atoms with Crippen LogP contribution >= 0.6 is 11.3 Å². The van der Waals surface area contributed by atoms with E-state index < -0.39 is 11.9 Å². The second-order valence-electron chi connectivity index (χ2n) is 9.62. The van der Waals surface area contributed by atoms with E-state index in [1.165, 1.54) is 12.5 Å². The van der Waals surface area contributed by atoms with E-state index >= 15 is 0 Å². The van der Waals surface area contributed by atoms with Crippen LogP contribution in [0.4, 0.5) is 18.3 Å². The van der Waals surface area contributed by atoms with Crippen LogP contribution in [0.5, 0.6) is 0 Å². The van der Waals surface area contributed by atoms with E-state index in [9.17, 15) is 18.0 Å². The van der Waals surface area contributed by atoms with Crippen LogP contribution in [0.25, 0.3) is 0 Å². The second-order valence-corrected chi connectivity index (χ2v) is 10.6. The highest BCUT2D eigenvalue weighted by atomic mass is 32.1. The Morgan fingerprint density at radius 2 is 1.92 bits per heavy atom. The Bertz CT molecular complexity index is 1340. The van der Waals surface area contributed by atoms with Crippen LogP contribution in [-0.4, -0.2) is 57.5 Å². The maximum absolute atomic E-state index is 12.9. The summed E-state index contributed by atoms with van der Waals surface area (Å²) in [5.41, 5.74) is 3.53. The number of amides is 1. The molecule has 1 saturated heterocycles. The molecular formula is C26H29F3N6O2S. The van der Waals surface area contributed by atoms with Gasteiger partial charge >= 0.3 is 6.18 Å². The minimum Gasteiger partial charge on any atom is -0.391 e. The minimum absolute atomic E-state index is 0.212. The fourth-order valence-electron chi connectivity index (χ4n) is 4.66. The number of fused-ring (bicyclic) bond motifs is 1. The number of benzene rings is 1. The van der Waals surface area contributed by atoms with Crippen molar-refractivity contribution in [2.75, 3.05) is 31.1 Å². The van der Waals surface area contributed by atoms with Crippen LogP contribution in [0, 0.1) is 13.8 Å². The number of carbonyl (C=O) groups is 1. The molecule has 2 aromatic heterocycles. The summed E-state index contributed by atoms with van der Waals surface area (Å²) in [6.07, 6.45) is -1.83. The molecule has 12 heteroatoms. The van der Waals surface area contributed by atoms with Gasteiger partial charge in [-0.25, -0.2) is 4.98 Å². The van der Waals surface area contributed by atoms with Crippen molar-refractivity contribution in [2.24, 2.45) is 5.16 Å². The van der Waals surface area contributed by atoms with Crippen LogP contribution < -0.4 is 4.90 Å². The SMILES string of the molecule is Cc1cccc(CON=C2CCCc3nc(N4CCN(C(=O)Cn5nc(C(F)(F)F)cc5C)CC4)sc32)c1. The Balaban J connectivity index is 1.18. The third-order valence-corrected chi connectivity index (χ3v) is 7.93. The first-order valence-corrected chi connectivity index (χ1v) is 13.4. The van der Waals surface area contributed by atoms with Gasteiger partial charge in [0.05, 0.1) is 16.3 Å². The van der Waals surface area contributed by atoms with Crippen molar-refractivity contribution < 1.29 is 22.8 Å². The topological polar surface area (TPSA) is 75.9 Å². The van der Waals surface area contributed by atoms with Gasteiger partial charge < -0.3 is 14.6 Å². The maximum atomic E-state index is 12.9. The van der Waals surface area contributed by atoms with E-state index in [1.54, 1.807) is 16.2 Å². The number of piperazine rings is 1. The molecule has 1 amide bonds. The number of thiazole rings is 1. The molecule has 1 aromatic carbocycles.